The molecule has 2 fully saturated rings. The number of benzene rings is 2. The number of nitrogens with zero attached hydrogens (tertiary/aromatic N) is 3. The van der Waals surface area contributed by atoms with Crippen LogP contribution >= 0.6 is 11.6 Å². The number of halogens is 2. The van der Waals surface area contributed by atoms with Crippen LogP contribution in [0.3, 0.4) is 0 Å². The van der Waals surface area contributed by atoms with E-state index in [1.807, 2.05) is 12.1 Å². The number of rotatable bonds is 9. The van der Waals surface area contributed by atoms with Crippen LogP contribution in [0.2, 0.25) is 5.02 Å². The highest BCUT2D eigenvalue weighted by Gasteiger charge is 2.32. The molecule has 1 atom stereocenters. The van der Waals surface area contributed by atoms with Crippen molar-refractivity contribution in [3.05, 3.63) is 76.5 Å². The molecule has 2 heterocycles. The second-order valence-electron chi connectivity index (χ2n) is 9.76. The number of fused-ring (bicyclic) bond motifs is 1. The molecule has 4 N–H and O–H groups in total. The van der Waals surface area contributed by atoms with Crippen LogP contribution in [-0.2, 0) is 0 Å². The molecule has 0 spiro atoms. The van der Waals surface area contributed by atoms with Gasteiger partial charge in [0.15, 0.2) is 0 Å². The van der Waals surface area contributed by atoms with Crippen molar-refractivity contribution < 1.29 is 4.39 Å². The lowest BCUT2D eigenvalue weighted by molar-refractivity contribution is 0.260. The summed E-state index contributed by atoms with van der Waals surface area (Å²) in [6, 6.07) is 12.8. The van der Waals surface area contributed by atoms with Crippen molar-refractivity contribution in [2.75, 3.05) is 17.2 Å². The van der Waals surface area contributed by atoms with Gasteiger partial charge in [-0.05, 0) is 55.0 Å². The third-order valence-electron chi connectivity index (χ3n) is 6.97. The first-order valence-electron chi connectivity index (χ1n) is 12.4. The number of hydrogen-bond donors (Lipinski definition) is 4. The first-order valence-corrected chi connectivity index (χ1v) is 12.8. The quantitative estimate of drug-likeness (QED) is 0.302. The fourth-order valence-corrected chi connectivity index (χ4v) is 4.90. The zero-order valence-electron chi connectivity index (χ0n) is 19.7. The van der Waals surface area contributed by atoms with E-state index in [4.69, 9.17) is 11.6 Å². The van der Waals surface area contributed by atoms with Gasteiger partial charge in [-0.3, -0.25) is 9.99 Å². The standard InChI is InChI=1S/C27H27ClFN7/c28-23-12-20(11-22-25(31-10-9-16-1-2-16)18(13-30)14-32-27(22)23)33-26(17-3-5-19(29)6-4-17)24-15-36(35-34-24)21-7-8-21/h3-6,11-12,14-16,21,26,33-35H,1-2,7-10H2,(H,31,32). The number of nitrogens with one attached hydrogen (secondary N) is 4. The average Bonchev–Trinajstić information content (AvgIpc) is 3.83. The lowest BCUT2D eigenvalue weighted by Crippen LogP contribution is -2.38. The van der Waals surface area contributed by atoms with Gasteiger partial charge in [-0.1, -0.05) is 36.6 Å². The van der Waals surface area contributed by atoms with E-state index in [2.05, 4.69) is 43.9 Å². The molecule has 0 saturated heterocycles. The largest absolute Gasteiger partial charge is 0.383 e. The number of hydrogen-bond acceptors (Lipinski definition) is 7. The summed E-state index contributed by atoms with van der Waals surface area (Å²) in [4.78, 5) is 4.47. The average molecular weight is 504 g/mol. The summed E-state index contributed by atoms with van der Waals surface area (Å²) in [6.07, 6.45) is 9.58. The van der Waals surface area contributed by atoms with Crippen molar-refractivity contribution >= 4 is 33.9 Å². The first-order chi connectivity index (χ1) is 17.6. The number of nitriles is 1. The minimum absolute atomic E-state index is 0.283. The highest BCUT2D eigenvalue weighted by atomic mass is 35.5. The van der Waals surface area contributed by atoms with Crippen molar-refractivity contribution in [1.29, 1.82) is 5.26 Å². The van der Waals surface area contributed by atoms with Gasteiger partial charge in [0, 0.05) is 36.1 Å². The van der Waals surface area contributed by atoms with Crippen molar-refractivity contribution in [3.8, 4) is 6.07 Å². The number of hydrazine groups is 2. The van der Waals surface area contributed by atoms with Crippen molar-refractivity contribution in [2.24, 2.45) is 5.92 Å². The Labute approximate surface area is 214 Å². The van der Waals surface area contributed by atoms with Crippen LogP contribution in [0.5, 0.6) is 0 Å². The molecule has 0 amide bonds. The van der Waals surface area contributed by atoms with Gasteiger partial charge >= 0.3 is 0 Å². The molecule has 0 radical (unpaired) electrons. The number of pyridine rings is 1. The van der Waals surface area contributed by atoms with Gasteiger partial charge < -0.3 is 16.1 Å². The molecule has 6 rings (SSSR count). The van der Waals surface area contributed by atoms with E-state index in [0.29, 0.717) is 22.1 Å². The highest BCUT2D eigenvalue weighted by molar-refractivity contribution is 6.35. The predicted octanol–water partition coefficient (Wildman–Crippen LogP) is 5.59. The van der Waals surface area contributed by atoms with E-state index >= 15 is 0 Å². The molecule has 1 unspecified atom stereocenters. The number of aromatic nitrogens is 1. The molecule has 2 saturated carbocycles. The Kier molecular flexibility index (Phi) is 6.04. The first kappa shape index (κ1) is 22.9. The second-order valence-corrected chi connectivity index (χ2v) is 10.2. The summed E-state index contributed by atoms with van der Waals surface area (Å²) in [5.74, 6) is 0.499. The van der Waals surface area contributed by atoms with Crippen molar-refractivity contribution in [3.63, 3.8) is 0 Å². The Morgan fingerprint density at radius 3 is 2.72 bits per heavy atom. The van der Waals surface area contributed by atoms with Gasteiger partial charge in [0.05, 0.1) is 33.5 Å². The Hall–Kier alpha value is -3.54. The molecule has 0 bridgehead atoms. The highest BCUT2D eigenvalue weighted by Crippen LogP contribution is 2.37. The molecule has 9 heteroatoms. The topological polar surface area (TPSA) is 88.0 Å². The summed E-state index contributed by atoms with van der Waals surface area (Å²) in [5, 5.41) is 20.1. The third kappa shape index (κ3) is 4.77. The molecule has 2 aliphatic carbocycles. The molecule has 184 valence electrons. The fraction of sp³-hybridized carbons (Fsp3) is 0.333. The van der Waals surface area contributed by atoms with Gasteiger partial charge in [0.25, 0.3) is 0 Å². The Balaban J connectivity index is 1.36. The van der Waals surface area contributed by atoms with Gasteiger partial charge in [0.1, 0.15) is 11.9 Å². The van der Waals surface area contributed by atoms with E-state index in [0.717, 1.165) is 59.7 Å². The van der Waals surface area contributed by atoms with Gasteiger partial charge in [-0.25, -0.2) is 4.39 Å². The van der Waals surface area contributed by atoms with E-state index in [1.165, 1.54) is 25.0 Å². The Morgan fingerprint density at radius 2 is 2.00 bits per heavy atom. The predicted molar refractivity (Wildman–Crippen MR) is 139 cm³/mol. The second kappa shape index (κ2) is 9.49. The summed E-state index contributed by atoms with van der Waals surface area (Å²) in [5.41, 5.74) is 11.0. The molecular formula is C27H27ClFN7. The minimum Gasteiger partial charge on any atom is -0.383 e. The Bertz CT molecular complexity index is 1360. The molecule has 2 aromatic carbocycles. The SMILES string of the molecule is N#Cc1cnc2c(Cl)cc(NC(C3=CN(C4CC4)NN3)c3ccc(F)cc3)cc2c1NCCC1CC1. The Morgan fingerprint density at radius 1 is 1.19 bits per heavy atom. The van der Waals surface area contributed by atoms with Gasteiger partial charge in [0.2, 0.25) is 0 Å². The van der Waals surface area contributed by atoms with E-state index in [9.17, 15) is 9.65 Å². The van der Waals surface area contributed by atoms with Crippen LogP contribution in [-0.4, -0.2) is 22.6 Å². The van der Waals surface area contributed by atoms with Gasteiger partial charge in [-0.2, -0.15) is 5.26 Å². The van der Waals surface area contributed by atoms with Crippen LogP contribution in [0.4, 0.5) is 15.8 Å². The summed E-state index contributed by atoms with van der Waals surface area (Å²) in [6.45, 7) is 0.797. The smallest absolute Gasteiger partial charge is 0.123 e. The maximum atomic E-state index is 13.7. The number of anilines is 2. The van der Waals surface area contributed by atoms with Crippen LogP contribution < -0.4 is 21.6 Å². The lowest BCUT2D eigenvalue weighted by atomic mass is 10.0. The van der Waals surface area contributed by atoms with Crippen molar-refractivity contribution in [2.45, 2.75) is 44.2 Å². The van der Waals surface area contributed by atoms with E-state index < -0.39 is 0 Å². The summed E-state index contributed by atoms with van der Waals surface area (Å²) < 4.78 is 13.7. The molecule has 3 aromatic rings. The monoisotopic (exact) mass is 503 g/mol. The van der Waals surface area contributed by atoms with Crippen LogP contribution in [0.25, 0.3) is 10.9 Å². The normalized spacial score (nSPS) is 17.9. The van der Waals surface area contributed by atoms with E-state index in [1.54, 1.807) is 18.3 Å². The minimum atomic E-state index is -0.284. The molecule has 7 nitrogen and oxygen atoms in total. The van der Waals surface area contributed by atoms with E-state index in [-0.39, 0.29) is 11.9 Å². The molecule has 3 aliphatic rings. The molecule has 36 heavy (non-hydrogen) atoms. The maximum Gasteiger partial charge on any atom is 0.123 e. The maximum absolute atomic E-state index is 13.7. The summed E-state index contributed by atoms with van der Waals surface area (Å²) in [7, 11) is 0. The van der Waals surface area contributed by atoms with Crippen LogP contribution in [0.1, 0.15) is 49.3 Å². The zero-order valence-corrected chi connectivity index (χ0v) is 20.4. The summed E-state index contributed by atoms with van der Waals surface area (Å²) >= 11 is 6.69. The molecule has 1 aliphatic heterocycles. The van der Waals surface area contributed by atoms with Crippen LogP contribution in [0, 0.1) is 23.1 Å². The lowest BCUT2D eigenvalue weighted by Gasteiger charge is -2.22. The molecular weight excluding hydrogens is 477 g/mol. The van der Waals surface area contributed by atoms with Gasteiger partial charge in [-0.15, -0.1) is 5.53 Å². The fourth-order valence-electron chi connectivity index (χ4n) is 4.63. The zero-order chi connectivity index (χ0) is 24.6. The van der Waals surface area contributed by atoms with Crippen molar-refractivity contribution in [1.82, 2.24) is 21.0 Å². The third-order valence-corrected chi connectivity index (χ3v) is 7.26. The molecule has 1 aromatic heterocycles. The van der Waals surface area contributed by atoms with Crippen LogP contribution in [0.15, 0.2) is 54.5 Å².